The van der Waals surface area contributed by atoms with Crippen molar-refractivity contribution in [3.63, 3.8) is 0 Å². The first kappa shape index (κ1) is 37.0. The van der Waals surface area contributed by atoms with Gasteiger partial charge in [0.15, 0.2) is 23.3 Å². The van der Waals surface area contributed by atoms with Crippen LogP contribution >= 0.6 is 45.3 Å². The van der Waals surface area contributed by atoms with Crippen LogP contribution in [-0.2, 0) is 0 Å². The monoisotopic (exact) mass is 830 g/mol. The molecule has 0 saturated carbocycles. The number of piperidine rings is 1. The van der Waals surface area contributed by atoms with Crippen molar-refractivity contribution in [1.82, 2.24) is 30.6 Å². The first-order chi connectivity index (χ1) is 27.2. The van der Waals surface area contributed by atoms with E-state index in [4.69, 9.17) is 0 Å². The molecule has 0 amide bonds. The summed E-state index contributed by atoms with van der Waals surface area (Å²) >= 11 is 5.67. The minimum absolute atomic E-state index is 0.175. The summed E-state index contributed by atoms with van der Waals surface area (Å²) in [6, 6.07) is 11.0. The molecule has 2 aliphatic rings. The molecule has 2 aromatic carbocycles. The molecule has 8 nitrogen and oxygen atoms in total. The Kier molecular flexibility index (Phi) is 10.2. The maximum atomic E-state index is 14.8. The first-order valence-electron chi connectivity index (χ1n) is 18.1. The lowest BCUT2D eigenvalue weighted by Crippen LogP contribution is -2.37. The predicted molar refractivity (Wildman–Crippen MR) is 224 cm³/mol. The number of nitrogens with zero attached hydrogens (tertiary/aromatic N) is 4. The number of rotatable bonds is 6. The van der Waals surface area contributed by atoms with E-state index in [1.54, 1.807) is 47.2 Å². The van der Waals surface area contributed by atoms with E-state index in [9.17, 15) is 17.6 Å². The smallest absolute Gasteiger partial charge is 0.176 e. The molecule has 1 unspecified atom stereocenters. The Morgan fingerprint density at radius 2 is 1.32 bits per heavy atom. The molecule has 0 radical (unpaired) electrons. The molecular formula is C40H34F4N8S4. The van der Waals surface area contributed by atoms with Crippen LogP contribution in [0.5, 0.6) is 0 Å². The van der Waals surface area contributed by atoms with Gasteiger partial charge < -0.3 is 21.3 Å². The van der Waals surface area contributed by atoms with Crippen LogP contribution in [0.25, 0.3) is 46.4 Å². The number of anilines is 4. The van der Waals surface area contributed by atoms with Gasteiger partial charge in [-0.25, -0.2) is 37.5 Å². The van der Waals surface area contributed by atoms with Crippen molar-refractivity contribution in [1.29, 1.82) is 0 Å². The number of benzene rings is 2. The highest BCUT2D eigenvalue weighted by molar-refractivity contribution is 7.20. The number of thiazole rings is 2. The quantitative estimate of drug-likeness (QED) is 0.123. The molecule has 6 aromatic heterocycles. The van der Waals surface area contributed by atoms with Gasteiger partial charge >= 0.3 is 0 Å². The number of fused-ring (bicyclic) bond motifs is 4. The fourth-order valence-electron chi connectivity index (χ4n) is 7.37. The summed E-state index contributed by atoms with van der Waals surface area (Å²) in [5.74, 6) is -2.17. The van der Waals surface area contributed by atoms with E-state index in [-0.39, 0.29) is 28.5 Å². The standard InChI is InChI=1S/C20H18F2N4S2.C20H16F2N4S2/c2*1-10-11(3-2-5-23-10)15-7-12-14(4-6-24-20(12)28-15)26-18-13(21)8-16-19(17(18)22)25-9-27-16/h4,6-11,23H,2-3,5H2,1H3,(H,24,26);3-4,6-10,23H,2,5H2,1H3,(H,24,26)/t10-,11?;10-/m11/s1. The summed E-state index contributed by atoms with van der Waals surface area (Å²) in [6.07, 6.45) is 8.83. The zero-order valence-corrected chi connectivity index (χ0v) is 33.3. The lowest BCUT2D eigenvalue weighted by Gasteiger charge is -2.29. The van der Waals surface area contributed by atoms with Crippen LogP contribution in [-0.4, -0.2) is 45.1 Å². The highest BCUT2D eigenvalue weighted by Crippen LogP contribution is 2.41. The summed E-state index contributed by atoms with van der Waals surface area (Å²) in [7, 11) is 0. The Hall–Kier alpha value is -4.58. The number of halogens is 4. The molecular weight excluding hydrogens is 797 g/mol. The Labute approximate surface area is 334 Å². The van der Waals surface area contributed by atoms with Crippen LogP contribution in [0.2, 0.25) is 0 Å². The molecule has 10 rings (SSSR count). The lowest BCUT2D eigenvalue weighted by atomic mass is 9.90. The predicted octanol–water partition coefficient (Wildman–Crippen LogP) is 11.5. The van der Waals surface area contributed by atoms with Gasteiger partial charge in [-0.15, -0.1) is 45.3 Å². The van der Waals surface area contributed by atoms with E-state index in [1.165, 1.54) is 56.3 Å². The van der Waals surface area contributed by atoms with Crippen LogP contribution in [0, 0.1) is 23.3 Å². The molecule has 0 aliphatic carbocycles. The summed E-state index contributed by atoms with van der Waals surface area (Å²) in [5.41, 5.74) is 5.54. The summed E-state index contributed by atoms with van der Waals surface area (Å²) in [4.78, 5) is 21.0. The van der Waals surface area contributed by atoms with Crippen LogP contribution in [0.1, 0.15) is 48.8 Å². The first-order valence-corrected chi connectivity index (χ1v) is 21.5. The second-order valence-corrected chi connectivity index (χ2v) is 17.6. The molecule has 0 bridgehead atoms. The Bertz CT molecular complexity index is 2770. The SMILES string of the molecule is C[C@H]1NCCC=C1c1cc2c(Nc3c(F)cc4scnc4c3F)ccnc2s1.C[C@H]1NCCCC1c1cc2c(Nc3c(F)cc4scnc4c3F)ccnc2s1. The van der Waals surface area contributed by atoms with E-state index in [2.05, 4.69) is 67.2 Å². The highest BCUT2D eigenvalue weighted by Gasteiger charge is 2.26. The van der Waals surface area contributed by atoms with E-state index in [1.807, 2.05) is 6.07 Å². The topological polar surface area (TPSA) is 99.7 Å². The third-order valence-electron chi connectivity index (χ3n) is 10.3. The summed E-state index contributed by atoms with van der Waals surface area (Å²) in [5, 5.41) is 14.6. The van der Waals surface area contributed by atoms with Gasteiger partial charge in [0, 0.05) is 50.9 Å². The van der Waals surface area contributed by atoms with Crippen LogP contribution < -0.4 is 21.3 Å². The van der Waals surface area contributed by atoms with Gasteiger partial charge in [0.1, 0.15) is 32.1 Å². The molecule has 3 atom stereocenters. The van der Waals surface area contributed by atoms with Crippen molar-refractivity contribution >= 4 is 115 Å². The number of nitrogens with one attached hydrogen (secondary N) is 4. The van der Waals surface area contributed by atoms with Gasteiger partial charge in [-0.2, -0.15) is 0 Å². The van der Waals surface area contributed by atoms with Crippen molar-refractivity contribution in [2.75, 3.05) is 23.7 Å². The second kappa shape index (κ2) is 15.4. The average Bonchev–Trinajstić information content (AvgIpc) is 4.02. The van der Waals surface area contributed by atoms with Crippen molar-refractivity contribution in [3.05, 3.63) is 98.9 Å². The maximum absolute atomic E-state index is 14.8. The fraction of sp³-hybridized carbons (Fsp3) is 0.250. The van der Waals surface area contributed by atoms with E-state index in [0.29, 0.717) is 32.7 Å². The molecule has 2 aliphatic heterocycles. The Morgan fingerprint density at radius 1 is 0.714 bits per heavy atom. The van der Waals surface area contributed by atoms with Gasteiger partial charge in [0.05, 0.1) is 31.8 Å². The molecule has 16 heteroatoms. The zero-order chi connectivity index (χ0) is 38.5. The van der Waals surface area contributed by atoms with Crippen molar-refractivity contribution in [2.24, 2.45) is 0 Å². The lowest BCUT2D eigenvalue weighted by molar-refractivity contribution is 0.375. The second-order valence-electron chi connectivity index (χ2n) is 13.8. The highest BCUT2D eigenvalue weighted by atomic mass is 32.1. The van der Waals surface area contributed by atoms with Gasteiger partial charge in [0.2, 0.25) is 0 Å². The zero-order valence-electron chi connectivity index (χ0n) is 30.1. The van der Waals surface area contributed by atoms with Crippen LogP contribution in [0.3, 0.4) is 0 Å². The Morgan fingerprint density at radius 3 is 1.93 bits per heavy atom. The minimum atomic E-state index is -0.676. The minimum Gasteiger partial charge on any atom is -0.350 e. The number of thiophene rings is 2. The molecule has 4 N–H and O–H groups in total. The normalized spacial score (nSPS) is 18.7. The van der Waals surface area contributed by atoms with Gasteiger partial charge in [-0.1, -0.05) is 6.08 Å². The van der Waals surface area contributed by atoms with Gasteiger partial charge in [0.25, 0.3) is 0 Å². The molecule has 286 valence electrons. The van der Waals surface area contributed by atoms with Crippen molar-refractivity contribution in [3.8, 4) is 0 Å². The molecule has 1 fully saturated rings. The molecule has 8 aromatic rings. The van der Waals surface area contributed by atoms with Gasteiger partial charge in [-0.3, -0.25) is 0 Å². The molecule has 56 heavy (non-hydrogen) atoms. The van der Waals surface area contributed by atoms with E-state index in [0.717, 1.165) is 57.7 Å². The van der Waals surface area contributed by atoms with Crippen LogP contribution in [0.4, 0.5) is 40.3 Å². The van der Waals surface area contributed by atoms with Crippen molar-refractivity contribution in [2.45, 2.75) is 51.1 Å². The fourth-order valence-corrected chi connectivity index (χ4v) is 11.2. The third-order valence-corrected chi connectivity index (χ3v) is 14.1. The third kappa shape index (κ3) is 6.92. The molecule has 0 spiro atoms. The summed E-state index contributed by atoms with van der Waals surface area (Å²) < 4.78 is 59.7. The van der Waals surface area contributed by atoms with Crippen molar-refractivity contribution < 1.29 is 17.6 Å². The number of pyridine rings is 2. The number of hydrogen-bond donors (Lipinski definition) is 4. The van der Waals surface area contributed by atoms with Crippen LogP contribution in [0.15, 0.2) is 65.9 Å². The summed E-state index contributed by atoms with van der Waals surface area (Å²) in [6.45, 7) is 6.36. The number of hydrogen-bond acceptors (Lipinski definition) is 12. The number of aromatic nitrogens is 4. The van der Waals surface area contributed by atoms with E-state index < -0.39 is 23.3 Å². The molecule has 8 heterocycles. The molecule has 1 saturated heterocycles. The average molecular weight is 831 g/mol. The maximum Gasteiger partial charge on any atom is 0.176 e. The largest absolute Gasteiger partial charge is 0.350 e. The van der Waals surface area contributed by atoms with Gasteiger partial charge in [-0.05, 0) is 88.2 Å². The van der Waals surface area contributed by atoms with E-state index >= 15 is 0 Å². The Balaban J connectivity index is 0.000000146.